The fraction of sp³-hybridized carbons (Fsp3) is 0.143. The summed E-state index contributed by atoms with van der Waals surface area (Å²) in [5.74, 6) is 0.720. The number of para-hydroxylation sites is 1. The molecule has 0 aliphatic heterocycles. The van der Waals surface area contributed by atoms with Crippen molar-refractivity contribution in [2.75, 3.05) is 12.4 Å². The zero-order chi connectivity index (χ0) is 18.1. The van der Waals surface area contributed by atoms with Crippen molar-refractivity contribution >= 4 is 16.9 Å². The fourth-order valence-corrected chi connectivity index (χ4v) is 3.24. The Balaban J connectivity index is 1.93. The normalized spacial score (nSPS) is 11.0. The van der Waals surface area contributed by atoms with E-state index < -0.39 is 0 Å². The van der Waals surface area contributed by atoms with E-state index in [0.29, 0.717) is 17.2 Å². The highest BCUT2D eigenvalue weighted by Gasteiger charge is 2.15. The Morgan fingerprint density at radius 3 is 2.69 bits per heavy atom. The smallest absolute Gasteiger partial charge is 0.222 e. The molecule has 5 heteroatoms. The van der Waals surface area contributed by atoms with Crippen molar-refractivity contribution < 1.29 is 5.11 Å². The summed E-state index contributed by atoms with van der Waals surface area (Å²) in [6.07, 6.45) is 3.90. The molecule has 0 radical (unpaired) electrons. The number of phenolic OH excluding ortho intramolecular Hbond substituents is 1. The van der Waals surface area contributed by atoms with Crippen LogP contribution in [0, 0.1) is 0 Å². The number of aromatic nitrogens is 3. The Morgan fingerprint density at radius 1 is 1.08 bits per heavy atom. The molecule has 26 heavy (non-hydrogen) atoms. The maximum absolute atomic E-state index is 10.3. The third kappa shape index (κ3) is 2.67. The first-order valence-electron chi connectivity index (χ1n) is 8.63. The molecule has 0 aliphatic rings. The van der Waals surface area contributed by atoms with Gasteiger partial charge in [-0.15, -0.1) is 0 Å². The van der Waals surface area contributed by atoms with Crippen LogP contribution < -0.4 is 5.32 Å². The van der Waals surface area contributed by atoms with Crippen LogP contribution in [-0.2, 0) is 6.54 Å². The first-order valence-corrected chi connectivity index (χ1v) is 8.63. The number of hydrogen-bond acceptors (Lipinski definition) is 4. The molecule has 130 valence electrons. The first-order chi connectivity index (χ1) is 12.7. The van der Waals surface area contributed by atoms with Gasteiger partial charge >= 0.3 is 0 Å². The Labute approximate surface area is 152 Å². The average molecular weight is 344 g/mol. The lowest BCUT2D eigenvalue weighted by Crippen LogP contribution is -1.99. The van der Waals surface area contributed by atoms with Crippen molar-refractivity contribution in [2.45, 2.75) is 13.5 Å². The van der Waals surface area contributed by atoms with E-state index in [-0.39, 0.29) is 5.75 Å². The second-order valence-corrected chi connectivity index (χ2v) is 6.10. The van der Waals surface area contributed by atoms with E-state index in [4.69, 9.17) is 0 Å². The molecule has 2 aromatic heterocycles. The number of benzene rings is 2. The second kappa shape index (κ2) is 6.52. The Kier molecular flexibility index (Phi) is 4.05. The van der Waals surface area contributed by atoms with Gasteiger partial charge in [0.15, 0.2) is 0 Å². The zero-order valence-electron chi connectivity index (χ0n) is 14.8. The van der Waals surface area contributed by atoms with Gasteiger partial charge < -0.3 is 15.0 Å². The number of phenols is 1. The van der Waals surface area contributed by atoms with Crippen LogP contribution >= 0.6 is 0 Å². The summed E-state index contributed by atoms with van der Waals surface area (Å²) in [6.45, 7) is 3.07. The molecule has 2 heterocycles. The van der Waals surface area contributed by atoms with Crippen LogP contribution in [0.5, 0.6) is 5.75 Å². The molecule has 0 saturated carbocycles. The highest BCUT2D eigenvalue weighted by atomic mass is 16.3. The number of aromatic hydroxyl groups is 1. The van der Waals surface area contributed by atoms with E-state index in [1.165, 1.54) is 10.9 Å². The summed E-state index contributed by atoms with van der Waals surface area (Å²) >= 11 is 0. The molecular formula is C21H20N4O. The van der Waals surface area contributed by atoms with Crippen molar-refractivity contribution in [3.63, 3.8) is 0 Å². The Morgan fingerprint density at radius 2 is 1.92 bits per heavy atom. The molecule has 0 amide bonds. The highest BCUT2D eigenvalue weighted by molar-refractivity contribution is 5.90. The molecule has 0 fully saturated rings. The van der Waals surface area contributed by atoms with Gasteiger partial charge in [-0.05, 0) is 42.8 Å². The molecule has 0 atom stereocenters. The quantitative estimate of drug-likeness (QED) is 0.571. The Hall–Kier alpha value is -3.34. The minimum Gasteiger partial charge on any atom is -0.507 e. The van der Waals surface area contributed by atoms with Gasteiger partial charge in [-0.1, -0.05) is 18.2 Å². The van der Waals surface area contributed by atoms with Crippen LogP contribution in [0.25, 0.3) is 33.3 Å². The molecule has 0 saturated heterocycles. The number of anilines is 1. The summed E-state index contributed by atoms with van der Waals surface area (Å²) in [4.78, 5) is 8.99. The molecule has 4 aromatic rings. The number of nitrogens with zero attached hydrogens (tertiary/aromatic N) is 3. The van der Waals surface area contributed by atoms with E-state index >= 15 is 0 Å². The monoisotopic (exact) mass is 344 g/mol. The van der Waals surface area contributed by atoms with Crippen molar-refractivity contribution in [2.24, 2.45) is 0 Å². The number of nitrogens with one attached hydrogen (secondary N) is 1. The molecule has 2 aromatic carbocycles. The van der Waals surface area contributed by atoms with E-state index in [1.54, 1.807) is 25.4 Å². The molecule has 0 bridgehead atoms. The maximum atomic E-state index is 10.3. The maximum Gasteiger partial charge on any atom is 0.222 e. The summed E-state index contributed by atoms with van der Waals surface area (Å²) < 4.78 is 2.21. The topological polar surface area (TPSA) is 63.0 Å². The largest absolute Gasteiger partial charge is 0.507 e. The van der Waals surface area contributed by atoms with Crippen LogP contribution in [-0.4, -0.2) is 26.7 Å². The molecule has 0 unspecified atom stereocenters. The average Bonchev–Trinajstić information content (AvgIpc) is 3.10. The van der Waals surface area contributed by atoms with Gasteiger partial charge in [0, 0.05) is 48.0 Å². The predicted octanol–water partition coefficient (Wildman–Crippen LogP) is 4.53. The molecule has 5 nitrogen and oxygen atoms in total. The lowest BCUT2D eigenvalue weighted by Gasteiger charge is -2.12. The van der Waals surface area contributed by atoms with Crippen LogP contribution in [0.2, 0.25) is 0 Å². The van der Waals surface area contributed by atoms with Gasteiger partial charge in [0.1, 0.15) is 5.75 Å². The molecule has 0 spiro atoms. The van der Waals surface area contributed by atoms with Crippen molar-refractivity contribution in [3.05, 3.63) is 60.9 Å². The minimum atomic E-state index is 0.202. The van der Waals surface area contributed by atoms with Crippen LogP contribution in [0.4, 0.5) is 5.95 Å². The summed E-state index contributed by atoms with van der Waals surface area (Å²) in [7, 11) is 1.78. The SMILES string of the molecule is CCn1ccc2cc(-c3cnc(NC)nc3-c3ccccc3O)ccc21. The first kappa shape index (κ1) is 16.1. The van der Waals surface area contributed by atoms with Gasteiger partial charge in [-0.25, -0.2) is 9.97 Å². The summed E-state index contributed by atoms with van der Waals surface area (Å²) in [5, 5.41) is 14.5. The van der Waals surface area contributed by atoms with Crippen LogP contribution in [0.15, 0.2) is 60.9 Å². The standard InChI is InChI=1S/C21H20N4O/c1-3-25-11-10-15-12-14(8-9-18(15)25)17-13-23-21(22-2)24-20(17)16-6-4-5-7-19(16)26/h4-13,26H,3H2,1-2H3,(H,22,23,24). The molecule has 4 rings (SSSR count). The predicted molar refractivity (Wildman–Crippen MR) is 105 cm³/mol. The van der Waals surface area contributed by atoms with Crippen molar-refractivity contribution in [1.29, 1.82) is 0 Å². The van der Waals surface area contributed by atoms with E-state index in [9.17, 15) is 5.11 Å². The lowest BCUT2D eigenvalue weighted by molar-refractivity contribution is 0.477. The number of aryl methyl sites for hydroxylation is 1. The van der Waals surface area contributed by atoms with Gasteiger partial charge in [-0.2, -0.15) is 0 Å². The summed E-state index contributed by atoms with van der Waals surface area (Å²) in [5.41, 5.74) is 4.50. The van der Waals surface area contributed by atoms with Crippen molar-refractivity contribution in [3.8, 4) is 28.1 Å². The van der Waals surface area contributed by atoms with Gasteiger partial charge in [0.25, 0.3) is 0 Å². The van der Waals surface area contributed by atoms with E-state index in [0.717, 1.165) is 17.7 Å². The third-order valence-electron chi connectivity index (χ3n) is 4.59. The van der Waals surface area contributed by atoms with Gasteiger partial charge in [-0.3, -0.25) is 0 Å². The second-order valence-electron chi connectivity index (χ2n) is 6.10. The molecular weight excluding hydrogens is 324 g/mol. The van der Waals surface area contributed by atoms with Crippen LogP contribution in [0.1, 0.15) is 6.92 Å². The number of rotatable bonds is 4. The number of fused-ring (bicyclic) bond motifs is 1. The highest BCUT2D eigenvalue weighted by Crippen LogP contribution is 2.36. The molecule has 2 N–H and O–H groups in total. The van der Waals surface area contributed by atoms with Gasteiger partial charge in [0.2, 0.25) is 5.95 Å². The van der Waals surface area contributed by atoms with Gasteiger partial charge in [0.05, 0.1) is 5.69 Å². The van der Waals surface area contributed by atoms with Crippen LogP contribution in [0.3, 0.4) is 0 Å². The zero-order valence-corrected chi connectivity index (χ0v) is 14.8. The number of hydrogen-bond donors (Lipinski definition) is 2. The fourth-order valence-electron chi connectivity index (χ4n) is 3.24. The minimum absolute atomic E-state index is 0.202. The van der Waals surface area contributed by atoms with E-state index in [1.807, 2.05) is 12.1 Å². The summed E-state index contributed by atoms with van der Waals surface area (Å²) in [6, 6.07) is 15.7. The van der Waals surface area contributed by atoms with Crippen molar-refractivity contribution in [1.82, 2.24) is 14.5 Å². The van der Waals surface area contributed by atoms with E-state index in [2.05, 4.69) is 57.2 Å². The Bertz CT molecular complexity index is 1080. The molecule has 0 aliphatic carbocycles. The lowest BCUT2D eigenvalue weighted by atomic mass is 9.99. The third-order valence-corrected chi connectivity index (χ3v) is 4.59.